The van der Waals surface area contributed by atoms with Crippen LogP contribution in [0.5, 0.6) is 11.6 Å². The summed E-state index contributed by atoms with van der Waals surface area (Å²) in [5.41, 5.74) is -2.01. The molecule has 0 saturated heterocycles. The highest BCUT2D eigenvalue weighted by Crippen LogP contribution is 2.41. The molecule has 0 bridgehead atoms. The maximum atomic E-state index is 14.0. The molecule has 4 aromatic rings. The fraction of sp³-hybridized carbons (Fsp3) is 0.227. The normalized spacial score (nSPS) is 11.7. The highest BCUT2D eigenvalue weighted by atomic mass is 19.4. The molecule has 0 spiro atoms. The summed E-state index contributed by atoms with van der Waals surface area (Å²) in [7, 11) is 1.51. The fourth-order valence-electron chi connectivity index (χ4n) is 3.59. The first-order chi connectivity index (χ1) is 16.4. The van der Waals surface area contributed by atoms with Crippen molar-refractivity contribution in [2.24, 2.45) is 7.05 Å². The molecule has 1 N–H and O–H groups in total. The number of H-pyrrole nitrogens is 1. The van der Waals surface area contributed by atoms with E-state index in [0.717, 1.165) is 23.0 Å². The number of aryl methyl sites for hydroxylation is 2. The summed E-state index contributed by atoms with van der Waals surface area (Å²) in [6.07, 6.45) is -4.17. The molecule has 0 aliphatic carbocycles. The van der Waals surface area contributed by atoms with Crippen molar-refractivity contribution in [3.05, 3.63) is 68.6 Å². The van der Waals surface area contributed by atoms with Crippen molar-refractivity contribution in [2.45, 2.75) is 26.9 Å². The summed E-state index contributed by atoms with van der Waals surface area (Å²) in [6.45, 7) is 3.96. The summed E-state index contributed by atoms with van der Waals surface area (Å²) in [4.78, 5) is 20.8. The van der Waals surface area contributed by atoms with Crippen molar-refractivity contribution in [3.63, 3.8) is 0 Å². The second-order valence-electron chi connectivity index (χ2n) is 7.71. The summed E-state index contributed by atoms with van der Waals surface area (Å²) < 4.78 is 74.1. The van der Waals surface area contributed by atoms with Crippen molar-refractivity contribution < 1.29 is 26.7 Å². The number of aromatic nitrogens is 6. The topological polar surface area (TPSA) is 98.6 Å². The van der Waals surface area contributed by atoms with Gasteiger partial charge in [0.2, 0.25) is 11.7 Å². The van der Waals surface area contributed by atoms with Gasteiger partial charge in [-0.15, -0.1) is 10.2 Å². The highest BCUT2D eigenvalue weighted by molar-refractivity contribution is 5.73. The minimum Gasteiger partial charge on any atom is -0.438 e. The number of nitrogens with one attached hydrogen (secondary N) is 1. The number of hydrogen-bond acceptors (Lipinski definition) is 6. The highest BCUT2D eigenvalue weighted by Gasteiger charge is 2.35. The monoisotopic (exact) mass is 492 g/mol. The third-order valence-electron chi connectivity index (χ3n) is 5.33. The number of halogens is 5. The number of tetrazole rings is 1. The van der Waals surface area contributed by atoms with Crippen molar-refractivity contribution in [1.29, 1.82) is 0 Å². The Balaban J connectivity index is 1.93. The average Bonchev–Trinajstić information content (AvgIpc) is 3.18. The Bertz CT molecular complexity index is 1510. The second-order valence-corrected chi connectivity index (χ2v) is 7.71. The molecule has 3 heterocycles. The van der Waals surface area contributed by atoms with Gasteiger partial charge in [-0.25, -0.2) is 13.8 Å². The number of pyridine rings is 2. The number of alkyl halides is 3. The van der Waals surface area contributed by atoms with Crippen LogP contribution >= 0.6 is 0 Å². The molecule has 3 aromatic heterocycles. The van der Waals surface area contributed by atoms with Gasteiger partial charge in [-0.05, 0) is 43.7 Å². The molecule has 1 aromatic carbocycles. The van der Waals surface area contributed by atoms with Crippen molar-refractivity contribution in [3.8, 4) is 34.3 Å². The summed E-state index contributed by atoms with van der Waals surface area (Å²) in [5.74, 6) is -2.75. The van der Waals surface area contributed by atoms with Gasteiger partial charge in [-0.3, -0.25) is 4.79 Å². The van der Waals surface area contributed by atoms with E-state index in [9.17, 15) is 26.7 Å². The van der Waals surface area contributed by atoms with E-state index in [4.69, 9.17) is 4.74 Å². The first-order valence-corrected chi connectivity index (χ1v) is 10.1. The first kappa shape index (κ1) is 24.0. The Hall–Kier alpha value is -4.16. The summed E-state index contributed by atoms with van der Waals surface area (Å²) >= 11 is 0. The average molecular weight is 492 g/mol. The molecule has 35 heavy (non-hydrogen) atoms. The van der Waals surface area contributed by atoms with E-state index < -0.39 is 28.8 Å². The lowest BCUT2D eigenvalue weighted by atomic mass is 10.0. The fourth-order valence-corrected chi connectivity index (χ4v) is 3.59. The van der Waals surface area contributed by atoms with E-state index in [-0.39, 0.29) is 51.1 Å². The number of ether oxygens (including phenoxy) is 1. The van der Waals surface area contributed by atoms with E-state index >= 15 is 0 Å². The zero-order valence-electron chi connectivity index (χ0n) is 18.8. The Morgan fingerprint density at radius 2 is 1.77 bits per heavy atom. The molecule has 0 fully saturated rings. The Kier molecular flexibility index (Phi) is 5.87. The SMILES string of the molecule is Cc1[nH]c(-c2c(Oc3ccc(F)c(F)c3C)ncc(C(F)(F)F)c2C)cc(=O)c1-c1nnn(C)n1. The standard InChI is InChI=1S/C22H17F5N6O2/c1-9-12(22(25,26)27)8-28-21(35-16-6-5-13(23)19(24)10(16)2)17(9)14-7-15(34)18(11(3)29-14)20-30-32-33(4)31-20/h5-8H,1-4H3,(H,29,34). The van der Waals surface area contributed by atoms with Gasteiger partial charge in [0, 0.05) is 23.5 Å². The van der Waals surface area contributed by atoms with Crippen molar-refractivity contribution >= 4 is 0 Å². The molecule has 0 unspecified atom stereocenters. The van der Waals surface area contributed by atoms with Crippen LogP contribution in [0.15, 0.2) is 29.2 Å². The molecule has 8 nitrogen and oxygen atoms in total. The van der Waals surface area contributed by atoms with Gasteiger partial charge in [0.1, 0.15) is 5.75 Å². The number of aromatic amines is 1. The van der Waals surface area contributed by atoms with E-state index in [2.05, 4.69) is 25.4 Å². The number of rotatable bonds is 4. The number of nitrogens with zero attached hydrogens (tertiary/aromatic N) is 5. The van der Waals surface area contributed by atoms with E-state index in [1.807, 2.05) is 0 Å². The molecule has 4 rings (SSSR count). The molecular formula is C22H17F5N6O2. The Morgan fingerprint density at radius 1 is 1.06 bits per heavy atom. The van der Waals surface area contributed by atoms with Gasteiger partial charge in [-0.1, -0.05) is 0 Å². The lowest BCUT2D eigenvalue weighted by Crippen LogP contribution is -2.13. The van der Waals surface area contributed by atoms with Crippen LogP contribution in [0.2, 0.25) is 0 Å². The van der Waals surface area contributed by atoms with Gasteiger partial charge < -0.3 is 9.72 Å². The molecule has 0 aliphatic heterocycles. The third kappa shape index (κ3) is 4.36. The molecule has 0 atom stereocenters. The predicted octanol–water partition coefficient (Wildman–Crippen LogP) is 4.64. The van der Waals surface area contributed by atoms with Crippen LogP contribution in [0, 0.1) is 32.4 Å². The molecule has 0 amide bonds. The van der Waals surface area contributed by atoms with E-state index in [1.54, 1.807) is 0 Å². The minimum absolute atomic E-state index is 0.0329. The van der Waals surface area contributed by atoms with E-state index in [0.29, 0.717) is 6.20 Å². The van der Waals surface area contributed by atoms with Gasteiger partial charge in [0.25, 0.3) is 0 Å². The van der Waals surface area contributed by atoms with E-state index in [1.165, 1.54) is 27.8 Å². The maximum Gasteiger partial charge on any atom is 0.418 e. The van der Waals surface area contributed by atoms with Crippen LogP contribution in [0.3, 0.4) is 0 Å². The van der Waals surface area contributed by atoms with Crippen LogP contribution in [-0.4, -0.2) is 30.2 Å². The van der Waals surface area contributed by atoms with Gasteiger partial charge in [0.15, 0.2) is 17.1 Å². The second kappa shape index (κ2) is 8.56. The van der Waals surface area contributed by atoms with Crippen LogP contribution < -0.4 is 10.2 Å². The smallest absolute Gasteiger partial charge is 0.418 e. The Morgan fingerprint density at radius 3 is 2.37 bits per heavy atom. The summed E-state index contributed by atoms with van der Waals surface area (Å²) in [6, 6.07) is 3.01. The molecule has 0 radical (unpaired) electrons. The zero-order chi connectivity index (χ0) is 25.7. The number of benzene rings is 1. The molecule has 0 saturated carbocycles. The molecule has 182 valence electrons. The zero-order valence-corrected chi connectivity index (χ0v) is 18.8. The quantitative estimate of drug-likeness (QED) is 0.417. The number of hydrogen-bond donors (Lipinski definition) is 1. The van der Waals surface area contributed by atoms with Crippen LogP contribution in [0.1, 0.15) is 22.4 Å². The lowest BCUT2D eigenvalue weighted by molar-refractivity contribution is -0.138. The first-order valence-electron chi connectivity index (χ1n) is 10.1. The Labute approximate surface area is 194 Å². The third-order valence-corrected chi connectivity index (χ3v) is 5.33. The lowest BCUT2D eigenvalue weighted by Gasteiger charge is -2.18. The van der Waals surface area contributed by atoms with Crippen LogP contribution in [0.25, 0.3) is 22.6 Å². The molecular weight excluding hydrogens is 475 g/mol. The van der Waals surface area contributed by atoms with Gasteiger partial charge in [-0.2, -0.15) is 18.0 Å². The minimum atomic E-state index is -4.75. The molecule has 13 heteroatoms. The van der Waals surface area contributed by atoms with Crippen molar-refractivity contribution in [1.82, 2.24) is 30.2 Å². The largest absolute Gasteiger partial charge is 0.438 e. The summed E-state index contributed by atoms with van der Waals surface area (Å²) in [5, 5.41) is 11.5. The maximum absolute atomic E-state index is 14.0. The van der Waals surface area contributed by atoms with Gasteiger partial charge in [0.05, 0.1) is 29.4 Å². The van der Waals surface area contributed by atoms with Gasteiger partial charge >= 0.3 is 6.18 Å². The van der Waals surface area contributed by atoms with Crippen LogP contribution in [0.4, 0.5) is 22.0 Å². The van der Waals surface area contributed by atoms with Crippen LogP contribution in [-0.2, 0) is 13.2 Å². The molecule has 0 aliphatic rings. The predicted molar refractivity (Wildman–Crippen MR) is 114 cm³/mol. The van der Waals surface area contributed by atoms with Crippen molar-refractivity contribution in [2.75, 3.05) is 0 Å².